The lowest BCUT2D eigenvalue weighted by Gasteiger charge is -2.25. The van der Waals surface area contributed by atoms with Crippen LogP contribution in [0.25, 0.3) is 0 Å². The molecule has 2 unspecified atom stereocenters. The van der Waals surface area contributed by atoms with E-state index in [2.05, 4.69) is 21.2 Å². The Kier molecular flexibility index (Phi) is 6.17. The molecule has 110 valence electrons. The van der Waals surface area contributed by atoms with E-state index in [1.165, 1.54) is 19.3 Å². The number of alkyl halides is 1. The number of halogens is 2. The van der Waals surface area contributed by atoms with Gasteiger partial charge < -0.3 is 10.1 Å². The van der Waals surface area contributed by atoms with Gasteiger partial charge in [-0.2, -0.15) is 0 Å². The molecule has 1 aliphatic carbocycles. The predicted octanol–water partition coefficient (Wildman–Crippen LogP) is 3.79. The number of ether oxygens (including phenoxy) is 1. The van der Waals surface area contributed by atoms with Gasteiger partial charge in [0.05, 0.1) is 0 Å². The molecule has 0 spiro atoms. The SMILES string of the molecule is O=C(COc1cccc(Cl)c1)NCC1CCCC(Br)C1. The maximum atomic E-state index is 11.7. The number of hydrogen-bond donors (Lipinski definition) is 1. The molecule has 0 saturated heterocycles. The van der Waals surface area contributed by atoms with E-state index in [0.717, 1.165) is 13.0 Å². The van der Waals surface area contributed by atoms with Crippen LogP contribution >= 0.6 is 27.5 Å². The third kappa shape index (κ3) is 5.33. The average Bonchev–Trinajstić information content (AvgIpc) is 2.43. The van der Waals surface area contributed by atoms with Gasteiger partial charge in [0, 0.05) is 16.4 Å². The van der Waals surface area contributed by atoms with E-state index in [-0.39, 0.29) is 12.5 Å². The van der Waals surface area contributed by atoms with E-state index in [4.69, 9.17) is 16.3 Å². The summed E-state index contributed by atoms with van der Waals surface area (Å²) in [5.74, 6) is 1.11. The molecular weight excluding hydrogens is 342 g/mol. The summed E-state index contributed by atoms with van der Waals surface area (Å²) >= 11 is 9.51. The lowest BCUT2D eigenvalue weighted by atomic mass is 9.89. The maximum Gasteiger partial charge on any atom is 0.257 e. The highest BCUT2D eigenvalue weighted by molar-refractivity contribution is 9.09. The summed E-state index contributed by atoms with van der Waals surface area (Å²) in [7, 11) is 0. The van der Waals surface area contributed by atoms with Crippen molar-refractivity contribution in [3.05, 3.63) is 29.3 Å². The van der Waals surface area contributed by atoms with E-state index >= 15 is 0 Å². The van der Waals surface area contributed by atoms with Gasteiger partial charge in [-0.1, -0.05) is 40.0 Å². The van der Waals surface area contributed by atoms with Gasteiger partial charge in [-0.25, -0.2) is 0 Å². The number of nitrogens with one attached hydrogen (secondary N) is 1. The Bertz CT molecular complexity index is 455. The Morgan fingerprint density at radius 2 is 2.30 bits per heavy atom. The van der Waals surface area contributed by atoms with Crippen molar-refractivity contribution >= 4 is 33.4 Å². The summed E-state index contributed by atoms with van der Waals surface area (Å²) in [5.41, 5.74) is 0. The number of carbonyl (C=O) groups excluding carboxylic acids is 1. The molecule has 1 N–H and O–H groups in total. The number of amides is 1. The molecule has 3 nitrogen and oxygen atoms in total. The van der Waals surface area contributed by atoms with Crippen LogP contribution in [0.15, 0.2) is 24.3 Å². The second-order valence-corrected chi connectivity index (χ2v) is 6.91. The summed E-state index contributed by atoms with van der Waals surface area (Å²) in [5, 5.41) is 3.55. The van der Waals surface area contributed by atoms with Crippen molar-refractivity contribution in [3.8, 4) is 5.75 Å². The van der Waals surface area contributed by atoms with Crippen LogP contribution in [0.1, 0.15) is 25.7 Å². The zero-order valence-corrected chi connectivity index (χ0v) is 13.6. The third-order valence-corrected chi connectivity index (χ3v) is 4.54. The van der Waals surface area contributed by atoms with Gasteiger partial charge in [0.25, 0.3) is 5.91 Å². The van der Waals surface area contributed by atoms with Crippen LogP contribution in [0.4, 0.5) is 0 Å². The van der Waals surface area contributed by atoms with Crippen LogP contribution in [-0.4, -0.2) is 23.9 Å². The van der Waals surface area contributed by atoms with Crippen LogP contribution < -0.4 is 10.1 Å². The number of hydrogen-bond acceptors (Lipinski definition) is 2. The first kappa shape index (κ1) is 15.6. The fourth-order valence-electron chi connectivity index (χ4n) is 2.43. The van der Waals surface area contributed by atoms with E-state index in [1.807, 2.05) is 0 Å². The van der Waals surface area contributed by atoms with Gasteiger partial charge >= 0.3 is 0 Å². The highest BCUT2D eigenvalue weighted by Gasteiger charge is 2.20. The monoisotopic (exact) mass is 359 g/mol. The van der Waals surface area contributed by atoms with Gasteiger partial charge in [0.2, 0.25) is 0 Å². The Labute approximate surface area is 133 Å². The van der Waals surface area contributed by atoms with Crippen molar-refractivity contribution < 1.29 is 9.53 Å². The second kappa shape index (κ2) is 7.89. The van der Waals surface area contributed by atoms with E-state index in [1.54, 1.807) is 24.3 Å². The van der Waals surface area contributed by atoms with Gasteiger partial charge in [-0.15, -0.1) is 0 Å². The lowest BCUT2D eigenvalue weighted by molar-refractivity contribution is -0.123. The number of rotatable bonds is 5. The Morgan fingerprint density at radius 1 is 1.45 bits per heavy atom. The topological polar surface area (TPSA) is 38.3 Å². The molecule has 0 aromatic heterocycles. The van der Waals surface area contributed by atoms with Crippen molar-refractivity contribution in [1.82, 2.24) is 5.32 Å². The molecule has 1 aliphatic rings. The summed E-state index contributed by atoms with van der Waals surface area (Å²) in [6, 6.07) is 7.06. The minimum absolute atomic E-state index is 0.0325. The highest BCUT2D eigenvalue weighted by Crippen LogP contribution is 2.28. The van der Waals surface area contributed by atoms with E-state index < -0.39 is 0 Å². The smallest absolute Gasteiger partial charge is 0.257 e. The first-order chi connectivity index (χ1) is 9.63. The maximum absolute atomic E-state index is 11.7. The zero-order chi connectivity index (χ0) is 14.4. The molecule has 1 aromatic rings. The molecule has 1 aromatic carbocycles. The van der Waals surface area contributed by atoms with Crippen LogP contribution in [-0.2, 0) is 4.79 Å². The molecule has 1 fully saturated rings. The molecule has 0 aliphatic heterocycles. The standard InChI is InChI=1S/C15H19BrClNO2/c16-12-4-1-3-11(7-12)9-18-15(19)10-20-14-6-2-5-13(17)8-14/h2,5-6,8,11-12H,1,3-4,7,9-10H2,(H,18,19). The highest BCUT2D eigenvalue weighted by atomic mass is 79.9. The molecule has 1 amide bonds. The largest absolute Gasteiger partial charge is 0.484 e. The Morgan fingerprint density at radius 3 is 3.05 bits per heavy atom. The zero-order valence-electron chi connectivity index (χ0n) is 11.3. The van der Waals surface area contributed by atoms with Crippen LogP contribution in [0.2, 0.25) is 5.02 Å². The predicted molar refractivity (Wildman–Crippen MR) is 84.6 cm³/mol. The van der Waals surface area contributed by atoms with E-state index in [0.29, 0.717) is 21.5 Å². The molecule has 20 heavy (non-hydrogen) atoms. The van der Waals surface area contributed by atoms with E-state index in [9.17, 15) is 4.79 Å². The van der Waals surface area contributed by atoms with Crippen molar-refractivity contribution in [1.29, 1.82) is 0 Å². The quantitative estimate of drug-likeness (QED) is 0.811. The summed E-state index contributed by atoms with van der Waals surface area (Å²) in [6.45, 7) is 0.768. The second-order valence-electron chi connectivity index (χ2n) is 5.18. The minimum atomic E-state index is -0.0818. The van der Waals surface area contributed by atoms with Gasteiger partial charge in [0.15, 0.2) is 6.61 Å². The van der Waals surface area contributed by atoms with Crippen molar-refractivity contribution in [3.63, 3.8) is 0 Å². The van der Waals surface area contributed by atoms with Crippen LogP contribution in [0.3, 0.4) is 0 Å². The first-order valence-electron chi connectivity index (χ1n) is 6.92. The van der Waals surface area contributed by atoms with Crippen molar-refractivity contribution in [2.45, 2.75) is 30.5 Å². The van der Waals surface area contributed by atoms with Crippen LogP contribution in [0.5, 0.6) is 5.75 Å². The molecular formula is C15H19BrClNO2. The molecule has 5 heteroatoms. The number of benzene rings is 1. The molecule has 1 saturated carbocycles. The first-order valence-corrected chi connectivity index (χ1v) is 8.22. The lowest BCUT2D eigenvalue weighted by Crippen LogP contribution is -2.34. The number of carbonyl (C=O) groups is 1. The molecule has 0 radical (unpaired) electrons. The van der Waals surface area contributed by atoms with Gasteiger partial charge in [-0.3, -0.25) is 4.79 Å². The molecule has 2 atom stereocenters. The molecule has 2 rings (SSSR count). The Hall–Kier alpha value is -0.740. The molecule has 0 bridgehead atoms. The normalized spacial score (nSPS) is 22.3. The molecule has 0 heterocycles. The van der Waals surface area contributed by atoms with Crippen LogP contribution in [0, 0.1) is 5.92 Å². The summed E-state index contributed by atoms with van der Waals surface area (Å²) in [6.07, 6.45) is 4.80. The Balaban J connectivity index is 1.67. The van der Waals surface area contributed by atoms with Crippen molar-refractivity contribution in [2.75, 3.05) is 13.2 Å². The fourth-order valence-corrected chi connectivity index (χ4v) is 3.46. The van der Waals surface area contributed by atoms with Gasteiger partial charge in [0.1, 0.15) is 5.75 Å². The summed E-state index contributed by atoms with van der Waals surface area (Å²) < 4.78 is 5.40. The van der Waals surface area contributed by atoms with Gasteiger partial charge in [-0.05, 0) is 43.4 Å². The third-order valence-electron chi connectivity index (χ3n) is 3.47. The van der Waals surface area contributed by atoms with Crippen molar-refractivity contribution in [2.24, 2.45) is 5.92 Å². The summed E-state index contributed by atoms with van der Waals surface area (Å²) in [4.78, 5) is 12.3. The average molecular weight is 361 g/mol. The fraction of sp³-hybridized carbons (Fsp3) is 0.533. The minimum Gasteiger partial charge on any atom is -0.484 e.